The van der Waals surface area contributed by atoms with E-state index in [2.05, 4.69) is 0 Å². The van der Waals surface area contributed by atoms with Crippen LogP contribution in [-0.2, 0) is 0 Å². The van der Waals surface area contributed by atoms with Gasteiger partial charge in [-0.25, -0.2) is 0 Å². The molecule has 0 aromatic rings. The Labute approximate surface area is 47.8 Å². The molecule has 0 amide bonds. The summed E-state index contributed by atoms with van der Waals surface area (Å²) in [5, 5.41) is 0. The standard InChI is InChI=1S/CH3B2.In/c1-3-2;/h1H3;. The molecule has 0 atom stereocenters. The van der Waals surface area contributed by atoms with E-state index >= 15 is 0 Å². The molecule has 0 aliphatic carbocycles. The molecule has 16 valence electrons. The van der Waals surface area contributed by atoms with Gasteiger partial charge in [0.15, 0.2) is 0 Å². The van der Waals surface area contributed by atoms with E-state index in [1.54, 1.807) is 6.82 Å². The van der Waals surface area contributed by atoms with E-state index in [0.717, 1.165) is 0 Å². The van der Waals surface area contributed by atoms with Crippen molar-refractivity contribution in [3.05, 3.63) is 0 Å². The Balaban J connectivity index is 0. The summed E-state index contributed by atoms with van der Waals surface area (Å²) in [7, 11) is 6.22. The minimum atomic E-state index is 0. The van der Waals surface area contributed by atoms with Crippen LogP contribution in [-0.4, -0.2) is 40.8 Å². The fraction of sp³-hybridized carbons (Fsp3) is 1.00. The van der Waals surface area contributed by atoms with Crippen molar-refractivity contribution in [1.29, 1.82) is 0 Å². The molecule has 0 fully saturated rings. The number of hydrogen-bond donors (Lipinski definition) is 0. The van der Waals surface area contributed by atoms with Gasteiger partial charge >= 0.3 is 0 Å². The van der Waals surface area contributed by atoms with Crippen LogP contribution in [0.25, 0.3) is 0 Å². The molecule has 3 heteroatoms. The SMILES string of the molecule is [B][B]C.[In]. The summed E-state index contributed by atoms with van der Waals surface area (Å²) in [4.78, 5) is 0. The van der Waals surface area contributed by atoms with Crippen LogP contribution in [0.3, 0.4) is 0 Å². The average molecular weight is 151 g/mol. The maximum atomic E-state index is 4.72. The molecule has 0 aromatic heterocycles. The Kier molecular flexibility index (Phi) is 20.0. The van der Waals surface area contributed by atoms with Gasteiger partial charge in [0.1, 0.15) is 0 Å². The zero-order valence-corrected chi connectivity index (χ0v) is 6.03. The minimum absolute atomic E-state index is 0. The number of rotatable bonds is 0. The van der Waals surface area contributed by atoms with Crippen molar-refractivity contribution in [1.82, 2.24) is 0 Å². The normalized spacial score (nSPS) is 3.25. The number of hydrogen-bond acceptors (Lipinski definition) is 0. The molecule has 0 aromatic carbocycles. The molecule has 0 rings (SSSR count). The van der Waals surface area contributed by atoms with Gasteiger partial charge in [-0.15, -0.1) is 6.82 Å². The van der Waals surface area contributed by atoms with Crippen LogP contribution in [0.4, 0.5) is 0 Å². The molecular weight excluding hydrogens is 148 g/mol. The van der Waals surface area contributed by atoms with Crippen LogP contribution >= 0.6 is 0 Å². The van der Waals surface area contributed by atoms with Crippen LogP contribution in [0, 0.1) is 0 Å². The van der Waals surface area contributed by atoms with Crippen LogP contribution in [0.1, 0.15) is 0 Å². The van der Waals surface area contributed by atoms with E-state index in [4.69, 9.17) is 7.74 Å². The van der Waals surface area contributed by atoms with E-state index < -0.39 is 0 Å². The van der Waals surface area contributed by atoms with Crippen LogP contribution in [0.15, 0.2) is 0 Å². The molecule has 6 radical (unpaired) electrons. The van der Waals surface area contributed by atoms with Gasteiger partial charge in [-0.3, -0.25) is 0 Å². The predicted octanol–water partition coefficient (Wildman–Crippen LogP) is -0.559. The summed E-state index contributed by atoms with van der Waals surface area (Å²) in [5.74, 6) is 0. The molecular formula is CH3B2In. The van der Waals surface area contributed by atoms with E-state index in [-0.39, 0.29) is 25.8 Å². The first kappa shape index (κ1) is 8.89. The Morgan fingerprint density at radius 2 is 1.75 bits per heavy atom. The molecule has 0 N–H and O–H groups in total. The van der Waals surface area contributed by atoms with Crippen molar-refractivity contribution < 1.29 is 0 Å². The third-order valence-electron chi connectivity index (χ3n) is 0. The molecule has 0 bridgehead atoms. The largest absolute Gasteiger partial charge is 0.101 e. The third kappa shape index (κ3) is 12.0. The fourth-order valence-electron chi connectivity index (χ4n) is 0. The maximum Gasteiger partial charge on any atom is 0.0502 e. The Bertz CT molecular complexity index is 6.00. The predicted molar refractivity (Wildman–Crippen MR) is 23.1 cm³/mol. The first-order chi connectivity index (χ1) is 1.41. The second kappa shape index (κ2) is 9.00. The van der Waals surface area contributed by atoms with E-state index in [1.807, 2.05) is 0 Å². The molecule has 0 spiro atoms. The Morgan fingerprint density at radius 3 is 1.75 bits per heavy atom. The molecule has 0 nitrogen and oxygen atoms in total. The molecule has 0 unspecified atom stereocenters. The molecule has 4 heavy (non-hydrogen) atoms. The van der Waals surface area contributed by atoms with Crippen LogP contribution in [0.2, 0.25) is 6.82 Å². The van der Waals surface area contributed by atoms with Gasteiger partial charge in [-0.1, -0.05) is 0 Å². The fourth-order valence-corrected chi connectivity index (χ4v) is 0. The molecule has 0 saturated carbocycles. The zero-order chi connectivity index (χ0) is 2.71. The second-order valence-corrected chi connectivity index (χ2v) is 0.333. The zero-order valence-electron chi connectivity index (χ0n) is 2.73. The van der Waals surface area contributed by atoms with Gasteiger partial charge in [0, 0.05) is 33.6 Å². The van der Waals surface area contributed by atoms with Gasteiger partial charge in [-0.2, -0.15) is 0 Å². The Morgan fingerprint density at radius 1 is 1.75 bits per heavy atom. The van der Waals surface area contributed by atoms with E-state index in [0.29, 0.717) is 0 Å². The first-order valence-electron chi connectivity index (χ1n) is 0.911. The van der Waals surface area contributed by atoms with Gasteiger partial charge in [-0.05, 0) is 0 Å². The van der Waals surface area contributed by atoms with E-state index in [9.17, 15) is 0 Å². The second-order valence-electron chi connectivity index (χ2n) is 0.333. The maximum absolute atomic E-state index is 4.72. The van der Waals surface area contributed by atoms with Crippen molar-refractivity contribution in [2.45, 2.75) is 6.82 Å². The van der Waals surface area contributed by atoms with Gasteiger partial charge < -0.3 is 0 Å². The summed E-state index contributed by atoms with van der Waals surface area (Å²) in [6.07, 6.45) is 0. The monoisotopic (exact) mass is 152 g/mol. The van der Waals surface area contributed by atoms with Crippen LogP contribution < -0.4 is 0 Å². The summed E-state index contributed by atoms with van der Waals surface area (Å²) in [5.41, 5.74) is 0. The molecule has 0 saturated heterocycles. The minimum Gasteiger partial charge on any atom is -0.101 e. The van der Waals surface area contributed by atoms with E-state index in [1.165, 1.54) is 7.17 Å². The van der Waals surface area contributed by atoms with Gasteiger partial charge in [0.05, 0.1) is 7.17 Å². The quantitative estimate of drug-likeness (QED) is 0.407. The molecule has 0 aliphatic rings. The summed E-state index contributed by atoms with van der Waals surface area (Å²) in [6, 6.07) is 0. The third-order valence-corrected chi connectivity index (χ3v) is 0. The molecule has 0 heterocycles. The summed E-state index contributed by atoms with van der Waals surface area (Å²) in [6.45, 7) is 1.78. The van der Waals surface area contributed by atoms with Crippen molar-refractivity contribution in [3.8, 4) is 0 Å². The Hall–Kier alpha value is 1.000. The molecule has 0 aliphatic heterocycles. The van der Waals surface area contributed by atoms with Crippen LogP contribution in [0.5, 0.6) is 0 Å². The van der Waals surface area contributed by atoms with Crippen molar-refractivity contribution in [2.75, 3.05) is 0 Å². The first-order valence-corrected chi connectivity index (χ1v) is 0.911. The van der Waals surface area contributed by atoms with Gasteiger partial charge in [0.2, 0.25) is 0 Å². The van der Waals surface area contributed by atoms with Crippen molar-refractivity contribution >= 4 is 40.8 Å². The summed E-state index contributed by atoms with van der Waals surface area (Å²) < 4.78 is 0. The van der Waals surface area contributed by atoms with Crippen molar-refractivity contribution in [3.63, 3.8) is 0 Å². The topological polar surface area (TPSA) is 0 Å². The smallest absolute Gasteiger partial charge is 0.0502 e. The van der Waals surface area contributed by atoms with Gasteiger partial charge in [0.25, 0.3) is 0 Å². The summed E-state index contributed by atoms with van der Waals surface area (Å²) >= 11 is 0. The van der Waals surface area contributed by atoms with Crippen molar-refractivity contribution in [2.24, 2.45) is 0 Å². The average Bonchev–Trinajstić information content (AvgIpc) is 0.918.